The van der Waals surface area contributed by atoms with Crippen molar-refractivity contribution >= 4 is 11.6 Å². The van der Waals surface area contributed by atoms with Gasteiger partial charge >= 0.3 is 0 Å². The van der Waals surface area contributed by atoms with E-state index in [-0.39, 0.29) is 6.04 Å². The van der Waals surface area contributed by atoms with E-state index in [1.807, 2.05) is 12.1 Å². The zero-order valence-electron chi connectivity index (χ0n) is 13.2. The molecule has 0 aliphatic carbocycles. The third kappa shape index (κ3) is 4.05. The normalized spacial score (nSPS) is 12.4. The molecule has 0 fully saturated rings. The molecule has 112 valence electrons. The molecule has 0 bridgehead atoms. The number of aromatic nitrogens is 1. The molecule has 1 unspecified atom stereocenters. The molecule has 3 heteroatoms. The van der Waals surface area contributed by atoms with E-state index in [1.165, 1.54) is 22.3 Å². The number of hydrogen-bond donors (Lipinski definition) is 1. The molecule has 1 N–H and O–H groups in total. The summed E-state index contributed by atoms with van der Waals surface area (Å²) in [4.78, 5) is 4.48. The Morgan fingerprint density at radius 1 is 1.14 bits per heavy atom. The van der Waals surface area contributed by atoms with Gasteiger partial charge in [-0.15, -0.1) is 0 Å². The minimum Gasteiger partial charge on any atom is -0.309 e. The van der Waals surface area contributed by atoms with E-state index >= 15 is 0 Å². The molecule has 0 saturated heterocycles. The number of pyridine rings is 1. The van der Waals surface area contributed by atoms with Crippen LogP contribution in [0.3, 0.4) is 0 Å². The Morgan fingerprint density at radius 2 is 1.81 bits per heavy atom. The Morgan fingerprint density at radius 3 is 2.33 bits per heavy atom. The number of likely N-dealkylation sites (N-methyl/N-ethyl adjacent to an activating group) is 1. The average molecular weight is 303 g/mol. The molecule has 1 aromatic heterocycles. The van der Waals surface area contributed by atoms with Crippen molar-refractivity contribution in [1.82, 2.24) is 10.3 Å². The summed E-state index contributed by atoms with van der Waals surface area (Å²) in [5.41, 5.74) is 6.47. The lowest BCUT2D eigenvalue weighted by atomic mass is 9.93. The molecule has 0 aliphatic heterocycles. The van der Waals surface area contributed by atoms with Gasteiger partial charge in [0.05, 0.1) is 16.8 Å². The van der Waals surface area contributed by atoms with Gasteiger partial charge in [-0.2, -0.15) is 0 Å². The van der Waals surface area contributed by atoms with E-state index in [4.69, 9.17) is 11.6 Å². The molecule has 0 spiro atoms. The van der Waals surface area contributed by atoms with Crippen molar-refractivity contribution in [1.29, 1.82) is 0 Å². The summed E-state index contributed by atoms with van der Waals surface area (Å²) in [5, 5.41) is 4.21. The van der Waals surface area contributed by atoms with Crippen molar-refractivity contribution in [2.75, 3.05) is 6.54 Å². The van der Waals surface area contributed by atoms with Gasteiger partial charge in [-0.3, -0.25) is 4.98 Å². The Kier molecular flexibility index (Phi) is 5.38. The van der Waals surface area contributed by atoms with Crippen molar-refractivity contribution < 1.29 is 0 Å². The number of aryl methyl sites for hydroxylation is 3. The zero-order valence-corrected chi connectivity index (χ0v) is 14.0. The molecule has 2 aromatic rings. The summed E-state index contributed by atoms with van der Waals surface area (Å²) in [7, 11) is 0. The Bertz CT molecular complexity index is 582. The molecule has 0 amide bonds. The van der Waals surface area contributed by atoms with Gasteiger partial charge in [0, 0.05) is 6.20 Å². The summed E-state index contributed by atoms with van der Waals surface area (Å²) in [6.45, 7) is 9.56. The van der Waals surface area contributed by atoms with Crippen LogP contribution in [-0.2, 0) is 6.42 Å². The molecule has 1 atom stereocenters. The summed E-state index contributed by atoms with van der Waals surface area (Å²) in [6.07, 6.45) is 2.66. The predicted molar refractivity (Wildman–Crippen MR) is 90.0 cm³/mol. The van der Waals surface area contributed by atoms with Gasteiger partial charge in [0.15, 0.2) is 0 Å². The van der Waals surface area contributed by atoms with Crippen molar-refractivity contribution in [3.63, 3.8) is 0 Å². The highest BCUT2D eigenvalue weighted by Crippen LogP contribution is 2.24. The van der Waals surface area contributed by atoms with Crippen LogP contribution in [0.5, 0.6) is 0 Å². The topological polar surface area (TPSA) is 24.9 Å². The van der Waals surface area contributed by atoms with Crippen LogP contribution >= 0.6 is 11.6 Å². The quantitative estimate of drug-likeness (QED) is 0.876. The number of nitrogens with one attached hydrogen (secondary N) is 1. The van der Waals surface area contributed by atoms with Crippen LogP contribution in [-0.4, -0.2) is 11.5 Å². The standard InChI is InChI=1S/C18H23ClN2/c1-5-20-18(17-7-6-15(19)11-21-17)10-16-13(3)8-12(2)9-14(16)4/h6-9,11,18,20H,5,10H2,1-4H3. The van der Waals surface area contributed by atoms with Gasteiger partial charge in [0.25, 0.3) is 0 Å². The second kappa shape index (κ2) is 7.06. The first-order valence-corrected chi connectivity index (χ1v) is 7.80. The van der Waals surface area contributed by atoms with E-state index in [1.54, 1.807) is 6.20 Å². The number of hydrogen-bond acceptors (Lipinski definition) is 2. The Balaban J connectivity index is 2.30. The first kappa shape index (κ1) is 16.0. The van der Waals surface area contributed by atoms with Crippen molar-refractivity contribution in [2.24, 2.45) is 0 Å². The minimum atomic E-state index is 0.215. The third-order valence-corrected chi connectivity index (χ3v) is 4.03. The van der Waals surface area contributed by atoms with Gasteiger partial charge < -0.3 is 5.32 Å². The Labute approximate surface area is 132 Å². The molecule has 21 heavy (non-hydrogen) atoms. The smallest absolute Gasteiger partial charge is 0.0589 e. The van der Waals surface area contributed by atoms with E-state index in [9.17, 15) is 0 Å². The summed E-state index contributed by atoms with van der Waals surface area (Å²) < 4.78 is 0. The largest absolute Gasteiger partial charge is 0.309 e. The van der Waals surface area contributed by atoms with Crippen LogP contribution in [0.2, 0.25) is 5.02 Å². The van der Waals surface area contributed by atoms with Gasteiger partial charge in [-0.1, -0.05) is 36.2 Å². The zero-order chi connectivity index (χ0) is 15.4. The molecule has 2 rings (SSSR count). The predicted octanol–water partition coefficient (Wildman–Crippen LogP) is 4.55. The maximum absolute atomic E-state index is 5.94. The fourth-order valence-corrected chi connectivity index (χ4v) is 2.97. The van der Waals surface area contributed by atoms with Crippen LogP contribution in [0, 0.1) is 20.8 Å². The molecule has 2 nitrogen and oxygen atoms in total. The maximum Gasteiger partial charge on any atom is 0.0589 e. The maximum atomic E-state index is 5.94. The average Bonchev–Trinajstić information content (AvgIpc) is 2.42. The summed E-state index contributed by atoms with van der Waals surface area (Å²) in [6, 6.07) is 8.63. The van der Waals surface area contributed by atoms with Crippen molar-refractivity contribution in [3.05, 3.63) is 63.4 Å². The first-order chi connectivity index (χ1) is 10.0. The molecule has 0 aliphatic rings. The first-order valence-electron chi connectivity index (χ1n) is 7.42. The second-order valence-corrected chi connectivity index (χ2v) is 6.03. The molecular formula is C18H23ClN2. The van der Waals surface area contributed by atoms with Gasteiger partial charge in [-0.25, -0.2) is 0 Å². The highest BCUT2D eigenvalue weighted by molar-refractivity contribution is 6.30. The highest BCUT2D eigenvalue weighted by atomic mass is 35.5. The molecule has 1 heterocycles. The fraction of sp³-hybridized carbons (Fsp3) is 0.389. The highest BCUT2D eigenvalue weighted by Gasteiger charge is 2.15. The Hall–Kier alpha value is -1.38. The lowest BCUT2D eigenvalue weighted by Gasteiger charge is -2.20. The van der Waals surface area contributed by atoms with E-state index in [2.05, 4.69) is 50.1 Å². The molecular weight excluding hydrogens is 280 g/mol. The lowest BCUT2D eigenvalue weighted by molar-refractivity contribution is 0.534. The van der Waals surface area contributed by atoms with Gasteiger partial charge in [0.1, 0.15) is 0 Å². The third-order valence-electron chi connectivity index (χ3n) is 3.81. The van der Waals surface area contributed by atoms with Gasteiger partial charge in [0.2, 0.25) is 0 Å². The van der Waals surface area contributed by atoms with Crippen LogP contribution < -0.4 is 5.32 Å². The summed E-state index contributed by atoms with van der Waals surface area (Å²) in [5.74, 6) is 0. The fourth-order valence-electron chi connectivity index (χ4n) is 2.86. The second-order valence-electron chi connectivity index (χ2n) is 5.59. The van der Waals surface area contributed by atoms with Crippen molar-refractivity contribution in [3.8, 4) is 0 Å². The van der Waals surface area contributed by atoms with Crippen LogP contribution in [0.1, 0.15) is 40.9 Å². The van der Waals surface area contributed by atoms with E-state index in [0.717, 1.165) is 18.7 Å². The number of nitrogens with zero attached hydrogens (tertiary/aromatic N) is 1. The monoisotopic (exact) mass is 302 g/mol. The van der Waals surface area contributed by atoms with Crippen LogP contribution in [0.25, 0.3) is 0 Å². The molecule has 0 radical (unpaired) electrons. The minimum absolute atomic E-state index is 0.215. The number of benzene rings is 1. The van der Waals surface area contributed by atoms with Crippen molar-refractivity contribution in [2.45, 2.75) is 40.2 Å². The molecule has 0 saturated carbocycles. The number of halogens is 1. The van der Waals surface area contributed by atoms with E-state index < -0.39 is 0 Å². The van der Waals surface area contributed by atoms with Crippen LogP contribution in [0.4, 0.5) is 0 Å². The van der Waals surface area contributed by atoms with E-state index in [0.29, 0.717) is 5.02 Å². The SMILES string of the molecule is CCNC(Cc1c(C)cc(C)cc1C)c1ccc(Cl)cn1. The number of rotatable bonds is 5. The van der Waals surface area contributed by atoms with Gasteiger partial charge in [-0.05, 0) is 62.6 Å². The lowest BCUT2D eigenvalue weighted by Crippen LogP contribution is -2.24. The van der Waals surface area contributed by atoms with Crippen LogP contribution in [0.15, 0.2) is 30.5 Å². The molecule has 1 aromatic carbocycles. The summed E-state index contributed by atoms with van der Waals surface area (Å²) >= 11 is 5.94.